The van der Waals surface area contributed by atoms with Gasteiger partial charge in [-0.2, -0.15) is 0 Å². The van der Waals surface area contributed by atoms with E-state index in [2.05, 4.69) is 0 Å². The number of hydrogen-bond acceptors (Lipinski definition) is 0. The van der Waals surface area contributed by atoms with Crippen LogP contribution in [0.2, 0.25) is 0 Å². The lowest BCUT2D eigenvalue weighted by Gasteiger charge is -2.69. The zero-order chi connectivity index (χ0) is 14.3. The molecule has 8 bridgehead atoms. The second-order valence-corrected chi connectivity index (χ2v) is 7.80. The molecule has 0 aliphatic heterocycles. The molecular formula is C20H34. The van der Waals surface area contributed by atoms with Crippen molar-refractivity contribution in [3.05, 3.63) is 12.2 Å². The van der Waals surface area contributed by atoms with E-state index < -0.39 is 0 Å². The smallest absolute Gasteiger partial charge is 0.0349 e. The summed E-state index contributed by atoms with van der Waals surface area (Å²) in [5, 5.41) is 0. The van der Waals surface area contributed by atoms with Gasteiger partial charge in [-0.1, -0.05) is 26.0 Å². The van der Waals surface area contributed by atoms with Crippen LogP contribution >= 0.6 is 0 Å². The lowest BCUT2D eigenvalue weighted by atomic mass is 9.36. The van der Waals surface area contributed by atoms with Gasteiger partial charge in [-0.15, -0.1) is 0 Å². The van der Waals surface area contributed by atoms with Crippen molar-refractivity contribution in [1.29, 1.82) is 0 Å². The molecule has 0 spiro atoms. The van der Waals surface area contributed by atoms with Crippen molar-refractivity contribution in [1.82, 2.24) is 0 Å². The fourth-order valence-corrected chi connectivity index (χ4v) is 6.89. The van der Waals surface area contributed by atoms with Crippen LogP contribution in [0.4, 0.5) is 0 Å². The van der Waals surface area contributed by atoms with Crippen molar-refractivity contribution in [3.63, 3.8) is 0 Å². The molecule has 0 saturated heterocycles. The average Bonchev–Trinajstić information content (AvgIpc) is 2.54. The molecule has 0 heterocycles. The van der Waals surface area contributed by atoms with E-state index in [1.165, 1.54) is 47.3 Å². The summed E-state index contributed by atoms with van der Waals surface area (Å²) in [5.74, 6) is 9.74. The van der Waals surface area contributed by atoms with Gasteiger partial charge in [0.2, 0.25) is 0 Å². The lowest BCUT2D eigenvalue weighted by molar-refractivity contribution is -0.202. The summed E-state index contributed by atoms with van der Waals surface area (Å²) < 4.78 is 0. The summed E-state index contributed by atoms with van der Waals surface area (Å²) in [6.07, 6.45) is 13.9. The van der Waals surface area contributed by atoms with Crippen LogP contribution in [0.5, 0.6) is 0 Å². The van der Waals surface area contributed by atoms with Crippen LogP contribution in [-0.2, 0) is 0 Å². The standard InChI is InChI=1S/C14H20.C4H8.C2H6/c1-7-2-12-10-4-8-5-11(9(1)10)13(3-7)14(12)6-8;1-3-4-2;1-2/h7-14H,1-6H2;3-4H,1-2H3;1-2H3. The molecule has 114 valence electrons. The molecule has 20 heavy (non-hydrogen) atoms. The van der Waals surface area contributed by atoms with Crippen LogP contribution in [0.3, 0.4) is 0 Å². The normalized spacial score (nSPS) is 52.6. The molecule has 7 fully saturated rings. The molecule has 0 aromatic heterocycles. The average molecular weight is 274 g/mol. The molecule has 0 nitrogen and oxygen atoms in total. The third kappa shape index (κ3) is 2.09. The van der Waals surface area contributed by atoms with Gasteiger partial charge in [0.1, 0.15) is 0 Å². The Morgan fingerprint density at radius 3 is 0.850 bits per heavy atom. The van der Waals surface area contributed by atoms with Crippen LogP contribution in [0, 0.1) is 47.3 Å². The molecule has 0 unspecified atom stereocenters. The Morgan fingerprint density at radius 1 is 0.500 bits per heavy atom. The van der Waals surface area contributed by atoms with E-state index in [-0.39, 0.29) is 0 Å². The SMILES string of the molecule is C1C2CC3C4CC5CC(C14)C(C2)C3C5.CC.CC=CC. The highest BCUT2D eigenvalue weighted by Gasteiger charge is 2.63. The number of rotatable bonds is 0. The first-order valence-electron chi connectivity index (χ1n) is 9.39. The summed E-state index contributed by atoms with van der Waals surface area (Å²) in [5.41, 5.74) is 0. The van der Waals surface area contributed by atoms with E-state index in [4.69, 9.17) is 0 Å². The van der Waals surface area contributed by atoms with Gasteiger partial charge in [-0.25, -0.2) is 0 Å². The van der Waals surface area contributed by atoms with Crippen molar-refractivity contribution in [2.24, 2.45) is 47.3 Å². The minimum absolute atomic E-state index is 1.19. The second-order valence-electron chi connectivity index (χ2n) is 7.80. The highest BCUT2D eigenvalue weighted by Crippen LogP contribution is 2.71. The molecule has 7 aliphatic rings. The summed E-state index contributed by atoms with van der Waals surface area (Å²) in [6, 6.07) is 0. The Balaban J connectivity index is 0.000000178. The molecule has 7 saturated carbocycles. The molecule has 0 aromatic carbocycles. The van der Waals surface area contributed by atoms with E-state index in [9.17, 15) is 0 Å². The lowest BCUT2D eigenvalue weighted by Crippen LogP contribution is -2.62. The van der Waals surface area contributed by atoms with Crippen molar-refractivity contribution in [2.75, 3.05) is 0 Å². The predicted molar refractivity (Wildman–Crippen MR) is 87.5 cm³/mol. The first kappa shape index (κ1) is 14.7. The highest BCUT2D eigenvalue weighted by molar-refractivity contribution is 5.12. The molecule has 7 aliphatic carbocycles. The summed E-state index contributed by atoms with van der Waals surface area (Å²) in [7, 11) is 0. The van der Waals surface area contributed by atoms with Gasteiger partial charge in [0.05, 0.1) is 0 Å². The fourth-order valence-electron chi connectivity index (χ4n) is 6.89. The van der Waals surface area contributed by atoms with Crippen LogP contribution < -0.4 is 0 Å². The zero-order valence-electron chi connectivity index (χ0n) is 14.0. The minimum Gasteiger partial charge on any atom is -0.0919 e. The largest absolute Gasteiger partial charge is 0.0919 e. The highest BCUT2D eigenvalue weighted by atomic mass is 14.7. The van der Waals surface area contributed by atoms with E-state index >= 15 is 0 Å². The van der Waals surface area contributed by atoms with Crippen molar-refractivity contribution in [3.8, 4) is 0 Å². The van der Waals surface area contributed by atoms with Crippen molar-refractivity contribution >= 4 is 0 Å². The Kier molecular flexibility index (Phi) is 4.29. The Bertz CT molecular complexity index is 262. The van der Waals surface area contributed by atoms with Gasteiger partial charge < -0.3 is 0 Å². The van der Waals surface area contributed by atoms with Gasteiger partial charge >= 0.3 is 0 Å². The number of hydrogen-bond donors (Lipinski definition) is 0. The van der Waals surface area contributed by atoms with E-state index in [0.717, 1.165) is 0 Å². The second kappa shape index (κ2) is 5.85. The maximum Gasteiger partial charge on any atom is -0.0349 e. The Hall–Kier alpha value is -0.260. The predicted octanol–water partition coefficient (Wildman–Crippen LogP) is 5.93. The van der Waals surface area contributed by atoms with Crippen molar-refractivity contribution in [2.45, 2.75) is 66.2 Å². The Labute approximate surface area is 126 Å². The van der Waals surface area contributed by atoms with Gasteiger partial charge in [0.25, 0.3) is 0 Å². The molecule has 0 aromatic rings. The number of allylic oxidation sites excluding steroid dienone is 2. The van der Waals surface area contributed by atoms with E-state index in [1.807, 2.05) is 39.8 Å². The van der Waals surface area contributed by atoms with Crippen LogP contribution in [0.15, 0.2) is 12.2 Å². The first-order chi connectivity index (χ1) is 9.81. The van der Waals surface area contributed by atoms with Gasteiger partial charge in [0.15, 0.2) is 0 Å². The summed E-state index contributed by atoms with van der Waals surface area (Å²) >= 11 is 0. The molecule has 0 N–H and O–H groups in total. The zero-order valence-corrected chi connectivity index (χ0v) is 14.0. The maximum absolute atomic E-state index is 2.00. The van der Waals surface area contributed by atoms with Crippen LogP contribution in [-0.4, -0.2) is 0 Å². The molecule has 7 rings (SSSR count). The molecular weight excluding hydrogens is 240 g/mol. The van der Waals surface area contributed by atoms with Gasteiger partial charge in [-0.3, -0.25) is 0 Å². The fraction of sp³-hybridized carbons (Fsp3) is 0.900. The quantitative estimate of drug-likeness (QED) is 0.480. The third-order valence-electron chi connectivity index (χ3n) is 7.27. The third-order valence-corrected chi connectivity index (χ3v) is 7.27. The van der Waals surface area contributed by atoms with E-state index in [1.54, 1.807) is 38.5 Å². The molecule has 0 radical (unpaired) electrons. The first-order valence-corrected chi connectivity index (χ1v) is 9.39. The summed E-state index contributed by atoms with van der Waals surface area (Å²) in [4.78, 5) is 0. The minimum atomic E-state index is 1.19. The van der Waals surface area contributed by atoms with Gasteiger partial charge in [0, 0.05) is 0 Å². The van der Waals surface area contributed by atoms with Crippen LogP contribution in [0.25, 0.3) is 0 Å². The summed E-state index contributed by atoms with van der Waals surface area (Å²) in [6.45, 7) is 8.00. The van der Waals surface area contributed by atoms with E-state index in [0.29, 0.717) is 0 Å². The molecule has 0 amide bonds. The molecule has 0 atom stereocenters. The monoisotopic (exact) mass is 274 g/mol. The topological polar surface area (TPSA) is 0 Å². The van der Waals surface area contributed by atoms with Gasteiger partial charge in [-0.05, 0) is 99.7 Å². The van der Waals surface area contributed by atoms with Crippen molar-refractivity contribution < 1.29 is 0 Å². The molecule has 0 heteroatoms. The Morgan fingerprint density at radius 2 is 0.700 bits per heavy atom. The van der Waals surface area contributed by atoms with Crippen LogP contribution in [0.1, 0.15) is 66.2 Å². The maximum atomic E-state index is 2.00.